The normalized spacial score (nSPS) is 15.6. The molecule has 1 amide bonds. The van der Waals surface area contributed by atoms with Gasteiger partial charge < -0.3 is 14.4 Å². The number of nitrogens with zero attached hydrogens (tertiary/aromatic N) is 3. The minimum absolute atomic E-state index is 0.0719. The van der Waals surface area contributed by atoms with E-state index in [2.05, 4.69) is 66.5 Å². The van der Waals surface area contributed by atoms with Crippen molar-refractivity contribution in [2.45, 2.75) is 44.0 Å². The minimum Gasteiger partial charge on any atom is -0.489 e. The van der Waals surface area contributed by atoms with Crippen LogP contribution in [-0.4, -0.2) is 50.1 Å². The molecule has 1 atom stereocenters. The SMILES string of the molecule is CN1C(=O)[C@@H](NC(c2ccccc2)(c2ccccc2)c2ccccc2)COc2cc3c(cnn3COCC[Si](C)(C)C)cc21. The first kappa shape index (κ1) is 29.8. The van der Waals surface area contributed by atoms with Crippen molar-refractivity contribution in [1.29, 1.82) is 0 Å². The number of fused-ring (bicyclic) bond motifs is 2. The van der Waals surface area contributed by atoms with Crippen molar-refractivity contribution < 1.29 is 14.3 Å². The van der Waals surface area contributed by atoms with E-state index in [1.54, 1.807) is 4.90 Å². The van der Waals surface area contributed by atoms with Crippen molar-refractivity contribution in [1.82, 2.24) is 15.1 Å². The maximum absolute atomic E-state index is 14.2. The molecule has 0 radical (unpaired) electrons. The monoisotopic (exact) mass is 604 g/mol. The Balaban J connectivity index is 1.34. The van der Waals surface area contributed by atoms with E-state index < -0.39 is 19.7 Å². The summed E-state index contributed by atoms with van der Waals surface area (Å²) < 4.78 is 14.3. The third kappa shape index (κ3) is 5.93. The van der Waals surface area contributed by atoms with Crippen LogP contribution in [0.3, 0.4) is 0 Å². The largest absolute Gasteiger partial charge is 0.489 e. The third-order valence-corrected chi connectivity index (χ3v) is 10.0. The number of ether oxygens (including phenoxy) is 2. The summed E-state index contributed by atoms with van der Waals surface area (Å²) in [6.07, 6.45) is 1.82. The van der Waals surface area contributed by atoms with Gasteiger partial charge in [0.1, 0.15) is 25.1 Å². The number of carbonyl (C=O) groups is 1. The van der Waals surface area contributed by atoms with Crippen LogP contribution in [-0.2, 0) is 21.8 Å². The lowest BCUT2D eigenvalue weighted by Gasteiger charge is -2.39. The zero-order valence-electron chi connectivity index (χ0n) is 25.9. The van der Waals surface area contributed by atoms with E-state index >= 15 is 0 Å². The molecule has 0 fully saturated rings. The van der Waals surface area contributed by atoms with Gasteiger partial charge >= 0.3 is 0 Å². The van der Waals surface area contributed by atoms with Crippen LogP contribution in [0, 0.1) is 0 Å². The summed E-state index contributed by atoms with van der Waals surface area (Å²) in [7, 11) is 0.635. The number of carbonyl (C=O) groups excluding carboxylic acids is 1. The number of hydrogen-bond donors (Lipinski definition) is 1. The van der Waals surface area contributed by atoms with Crippen LogP contribution in [0.25, 0.3) is 10.9 Å². The fourth-order valence-electron chi connectivity index (χ4n) is 5.88. The van der Waals surface area contributed by atoms with Gasteiger partial charge in [0.25, 0.3) is 0 Å². The first-order chi connectivity index (χ1) is 21.3. The molecule has 6 rings (SSSR count). The highest BCUT2D eigenvalue weighted by Crippen LogP contribution is 2.39. The molecule has 0 aliphatic carbocycles. The van der Waals surface area contributed by atoms with Gasteiger partial charge in [-0.3, -0.25) is 10.1 Å². The molecule has 1 aliphatic heterocycles. The first-order valence-electron chi connectivity index (χ1n) is 15.2. The van der Waals surface area contributed by atoms with Crippen LogP contribution in [0.1, 0.15) is 16.7 Å². The standard InChI is InChI=1S/C36H40N4O3Si/c1-39-33-22-27-24-37-40(26-42-20-21-44(2,3)4)32(27)23-34(33)43-25-31(35(39)41)38-36(28-14-8-5-9-15-28,29-16-10-6-11-17-29)30-18-12-7-13-19-30/h5-19,22-24,31,38H,20-21,25-26H2,1-4H3/t31-/m0/s1. The van der Waals surface area contributed by atoms with E-state index in [9.17, 15) is 4.79 Å². The fraction of sp³-hybridized carbons (Fsp3) is 0.278. The van der Waals surface area contributed by atoms with Gasteiger partial charge in [0.15, 0.2) is 0 Å². The number of anilines is 1. The zero-order chi connectivity index (χ0) is 30.7. The summed E-state index contributed by atoms with van der Waals surface area (Å²) in [6, 6.07) is 35.3. The van der Waals surface area contributed by atoms with E-state index in [0.717, 1.165) is 45.9 Å². The molecule has 1 N–H and O–H groups in total. The third-order valence-electron chi connectivity index (χ3n) is 8.34. The molecule has 0 saturated heterocycles. The average Bonchev–Trinajstić information content (AvgIpc) is 3.40. The van der Waals surface area contributed by atoms with Crippen molar-refractivity contribution in [2.75, 3.05) is 25.2 Å². The number of aromatic nitrogens is 2. The highest BCUT2D eigenvalue weighted by Gasteiger charge is 2.42. The Morgan fingerprint density at radius 3 is 2.02 bits per heavy atom. The van der Waals surface area contributed by atoms with E-state index in [4.69, 9.17) is 9.47 Å². The van der Waals surface area contributed by atoms with Gasteiger partial charge in [-0.2, -0.15) is 5.10 Å². The van der Waals surface area contributed by atoms with Gasteiger partial charge in [-0.05, 0) is 28.8 Å². The van der Waals surface area contributed by atoms with E-state index in [-0.39, 0.29) is 12.5 Å². The molecular weight excluding hydrogens is 565 g/mol. The van der Waals surface area contributed by atoms with Gasteiger partial charge in [-0.15, -0.1) is 0 Å². The Morgan fingerprint density at radius 2 is 1.48 bits per heavy atom. The summed E-state index contributed by atoms with van der Waals surface area (Å²) in [5.41, 5.74) is 3.94. The molecule has 226 valence electrons. The van der Waals surface area contributed by atoms with Crippen molar-refractivity contribution in [3.8, 4) is 5.75 Å². The molecule has 0 saturated carbocycles. The van der Waals surface area contributed by atoms with E-state index in [0.29, 0.717) is 12.5 Å². The highest BCUT2D eigenvalue weighted by molar-refractivity contribution is 6.76. The maximum atomic E-state index is 14.2. The van der Waals surface area contributed by atoms with Crippen molar-refractivity contribution in [3.63, 3.8) is 0 Å². The highest BCUT2D eigenvalue weighted by atomic mass is 28.3. The lowest BCUT2D eigenvalue weighted by Crippen LogP contribution is -2.56. The zero-order valence-corrected chi connectivity index (χ0v) is 26.9. The molecule has 5 aromatic rings. The fourth-order valence-corrected chi connectivity index (χ4v) is 6.64. The van der Waals surface area contributed by atoms with Crippen molar-refractivity contribution in [3.05, 3.63) is 126 Å². The number of amides is 1. The van der Waals surface area contributed by atoms with Crippen LogP contribution in [0.5, 0.6) is 5.75 Å². The molecule has 4 aromatic carbocycles. The maximum Gasteiger partial charge on any atom is 0.247 e. The molecule has 44 heavy (non-hydrogen) atoms. The lowest BCUT2D eigenvalue weighted by atomic mass is 9.76. The molecular formula is C36H40N4O3Si. The van der Waals surface area contributed by atoms with E-state index in [1.165, 1.54) is 0 Å². The Labute approximate surface area is 260 Å². The Hall–Kier alpha value is -4.24. The van der Waals surface area contributed by atoms with Crippen LogP contribution in [0.15, 0.2) is 109 Å². The molecule has 1 aromatic heterocycles. The smallest absolute Gasteiger partial charge is 0.247 e. The van der Waals surface area contributed by atoms with Gasteiger partial charge in [0.05, 0.1) is 22.9 Å². The van der Waals surface area contributed by atoms with Crippen LogP contribution >= 0.6 is 0 Å². The topological polar surface area (TPSA) is 68.6 Å². The summed E-state index contributed by atoms with van der Waals surface area (Å²) in [5, 5.41) is 9.31. The van der Waals surface area contributed by atoms with Crippen LogP contribution in [0.2, 0.25) is 25.7 Å². The second kappa shape index (κ2) is 12.4. The second-order valence-electron chi connectivity index (χ2n) is 12.6. The summed E-state index contributed by atoms with van der Waals surface area (Å²) in [5.74, 6) is 0.573. The summed E-state index contributed by atoms with van der Waals surface area (Å²) in [6.45, 7) is 8.28. The van der Waals surface area contributed by atoms with Crippen molar-refractivity contribution >= 4 is 30.6 Å². The Morgan fingerprint density at radius 1 is 0.909 bits per heavy atom. The number of benzene rings is 4. The van der Waals surface area contributed by atoms with Crippen molar-refractivity contribution in [2.24, 2.45) is 0 Å². The average molecular weight is 605 g/mol. The first-order valence-corrected chi connectivity index (χ1v) is 18.9. The van der Waals surface area contributed by atoms with Gasteiger partial charge in [0, 0.05) is 33.2 Å². The molecule has 1 aliphatic rings. The van der Waals surface area contributed by atoms with E-state index in [1.807, 2.05) is 84.7 Å². The Kier molecular flexibility index (Phi) is 8.40. The van der Waals surface area contributed by atoms with Gasteiger partial charge in [-0.25, -0.2) is 4.68 Å². The molecule has 0 spiro atoms. The molecule has 2 heterocycles. The van der Waals surface area contributed by atoms with Crippen LogP contribution < -0.4 is 15.0 Å². The second-order valence-corrected chi connectivity index (χ2v) is 18.2. The molecule has 8 heteroatoms. The molecule has 0 unspecified atom stereocenters. The molecule has 7 nitrogen and oxygen atoms in total. The number of nitrogens with one attached hydrogen (secondary N) is 1. The summed E-state index contributed by atoms with van der Waals surface area (Å²) in [4.78, 5) is 15.9. The molecule has 0 bridgehead atoms. The number of rotatable bonds is 10. The van der Waals surface area contributed by atoms with Gasteiger partial charge in [-0.1, -0.05) is 111 Å². The predicted molar refractivity (Wildman–Crippen MR) is 179 cm³/mol. The Bertz CT molecular complexity index is 1620. The quantitative estimate of drug-likeness (QED) is 0.110. The minimum atomic E-state index is -1.18. The lowest BCUT2D eigenvalue weighted by molar-refractivity contribution is -0.121. The van der Waals surface area contributed by atoms with Gasteiger partial charge in [0.2, 0.25) is 5.91 Å². The van der Waals surface area contributed by atoms with Crippen LogP contribution in [0.4, 0.5) is 5.69 Å². The number of likely N-dealkylation sites (N-methyl/N-ethyl adjacent to an activating group) is 1. The number of hydrogen-bond acceptors (Lipinski definition) is 5. The predicted octanol–water partition coefficient (Wildman–Crippen LogP) is 6.65. The summed E-state index contributed by atoms with van der Waals surface area (Å²) >= 11 is 0.